The highest BCUT2D eigenvalue weighted by Gasteiger charge is 2.63. The number of nitrogens with zero attached hydrogens (tertiary/aromatic N) is 5. The summed E-state index contributed by atoms with van der Waals surface area (Å²) in [5.41, 5.74) is 13.4. The van der Waals surface area contributed by atoms with Gasteiger partial charge in [0.1, 0.15) is 17.2 Å². The molecule has 5 radical (unpaired) electrons. The summed E-state index contributed by atoms with van der Waals surface area (Å²) in [6, 6.07) is 3.36. The number of halogens is 1. The monoisotopic (exact) mass is 544 g/mol. The molecule has 38 heavy (non-hydrogen) atoms. The van der Waals surface area contributed by atoms with Gasteiger partial charge >= 0.3 is 0 Å². The van der Waals surface area contributed by atoms with Gasteiger partial charge in [0.25, 0.3) is 15.7 Å². The number of hydrogen-bond donors (Lipinski definition) is 2. The zero-order chi connectivity index (χ0) is 27.0. The molecule has 10 nitrogen and oxygen atoms in total. The molecule has 1 aliphatic carbocycles. The number of rotatable bonds is 4. The molecular weight excluding hydrogens is 521 g/mol. The maximum atomic E-state index is 15.0. The Bertz CT molecular complexity index is 1600. The van der Waals surface area contributed by atoms with Crippen molar-refractivity contribution in [3.05, 3.63) is 53.8 Å². The molecule has 3 aromatic rings. The van der Waals surface area contributed by atoms with Gasteiger partial charge in [-0.1, -0.05) is 12.5 Å². The Hall–Kier alpha value is -3.74. The summed E-state index contributed by atoms with van der Waals surface area (Å²) in [5, 5.41) is 3.00. The lowest BCUT2D eigenvalue weighted by molar-refractivity contribution is -0.133. The molecule has 1 spiro atoms. The van der Waals surface area contributed by atoms with Gasteiger partial charge in [-0.05, 0) is 44.2 Å². The Morgan fingerprint density at radius 2 is 2.13 bits per heavy atom. The van der Waals surface area contributed by atoms with Gasteiger partial charge in [0.05, 0.1) is 49.6 Å². The lowest BCUT2D eigenvalue weighted by atomic mass is 10.1. The summed E-state index contributed by atoms with van der Waals surface area (Å²) in [6.07, 6.45) is 5.28. The van der Waals surface area contributed by atoms with Crippen molar-refractivity contribution in [3.8, 4) is 11.8 Å². The Morgan fingerprint density at radius 3 is 2.74 bits per heavy atom. The van der Waals surface area contributed by atoms with E-state index in [1.54, 1.807) is 17.3 Å². The molecule has 4 heterocycles. The summed E-state index contributed by atoms with van der Waals surface area (Å²) in [4.78, 5) is 31.2. The maximum Gasteiger partial charge on any atom is 0.261 e. The number of imidazole rings is 1. The van der Waals surface area contributed by atoms with Crippen LogP contribution in [0.3, 0.4) is 0 Å². The molecule has 3 fully saturated rings. The van der Waals surface area contributed by atoms with Gasteiger partial charge in [0.2, 0.25) is 5.91 Å². The molecule has 1 aromatic carbocycles. The van der Waals surface area contributed by atoms with E-state index in [2.05, 4.69) is 38.7 Å². The van der Waals surface area contributed by atoms with Crippen molar-refractivity contribution in [3.63, 3.8) is 0 Å². The SMILES string of the molecule is C=CC(=O)N1C[C@@]([Si])(n2nc(C#Cc3cc4ncn(C5CC5)c4cc3F)c(C(N)=O)c2N)C[C@]12[Si]O[C@H]2C. The highest BCUT2D eigenvalue weighted by molar-refractivity contribution is 6.38. The smallest absolute Gasteiger partial charge is 0.261 e. The fraction of sp³-hybridized carbons (Fsp3) is 0.360. The van der Waals surface area contributed by atoms with Gasteiger partial charge in [-0.2, -0.15) is 5.10 Å². The van der Waals surface area contributed by atoms with Crippen LogP contribution < -0.4 is 11.5 Å². The second kappa shape index (κ2) is 8.38. The molecule has 2 amide bonds. The van der Waals surface area contributed by atoms with Crippen LogP contribution >= 0.6 is 0 Å². The van der Waals surface area contributed by atoms with Crippen LogP contribution in [-0.4, -0.2) is 73.9 Å². The third-order valence-electron chi connectivity index (χ3n) is 7.48. The first-order chi connectivity index (χ1) is 18.1. The molecule has 13 heteroatoms. The summed E-state index contributed by atoms with van der Waals surface area (Å²) in [6.45, 7) is 5.71. The number of benzene rings is 1. The molecule has 0 bridgehead atoms. The lowest BCUT2D eigenvalue weighted by Gasteiger charge is -2.49. The van der Waals surface area contributed by atoms with Crippen molar-refractivity contribution in [2.45, 2.75) is 48.7 Å². The molecule has 191 valence electrons. The van der Waals surface area contributed by atoms with Crippen molar-refractivity contribution in [2.75, 3.05) is 12.3 Å². The number of anilines is 1. The molecule has 6 rings (SSSR count). The third-order valence-corrected chi connectivity index (χ3v) is 9.71. The summed E-state index contributed by atoms with van der Waals surface area (Å²) in [7, 11) is 3.87. The third kappa shape index (κ3) is 3.55. The topological polar surface area (TPSA) is 134 Å². The van der Waals surface area contributed by atoms with Crippen LogP contribution in [0.2, 0.25) is 0 Å². The number of carbonyl (C=O) groups excluding carboxylic acids is 2. The average Bonchev–Trinajstić information content (AvgIpc) is 3.42. The van der Waals surface area contributed by atoms with E-state index in [-0.39, 0.29) is 51.0 Å². The van der Waals surface area contributed by atoms with Crippen molar-refractivity contribution >= 4 is 48.7 Å². The molecular formula is C25H23FN7O3Si2. The number of primary amides is 1. The number of nitrogen functional groups attached to an aromatic ring is 1. The van der Waals surface area contributed by atoms with Gasteiger partial charge in [-0.15, -0.1) is 0 Å². The first-order valence-electron chi connectivity index (χ1n) is 12.1. The summed E-state index contributed by atoms with van der Waals surface area (Å²) >= 11 is 0. The quantitative estimate of drug-likeness (QED) is 0.283. The number of amides is 2. The highest BCUT2D eigenvalue weighted by atomic mass is 28.2. The minimum absolute atomic E-state index is 0.00446. The normalized spacial score (nSPS) is 26.3. The van der Waals surface area contributed by atoms with Crippen LogP contribution in [0.25, 0.3) is 11.0 Å². The predicted octanol–water partition coefficient (Wildman–Crippen LogP) is 0.762. The van der Waals surface area contributed by atoms with Crippen molar-refractivity contribution in [1.29, 1.82) is 0 Å². The number of carbonyl (C=O) groups is 2. The first-order valence-corrected chi connectivity index (χ1v) is 13.5. The molecule has 0 unspecified atom stereocenters. The Balaban J connectivity index is 1.39. The van der Waals surface area contributed by atoms with E-state index < -0.39 is 22.0 Å². The van der Waals surface area contributed by atoms with Crippen molar-refractivity contribution in [1.82, 2.24) is 24.2 Å². The van der Waals surface area contributed by atoms with Crippen LogP contribution in [0.5, 0.6) is 0 Å². The van der Waals surface area contributed by atoms with E-state index >= 15 is 0 Å². The minimum atomic E-state index is -0.961. The molecule has 2 aromatic heterocycles. The number of nitrogens with two attached hydrogens (primary N) is 2. The summed E-state index contributed by atoms with van der Waals surface area (Å²) < 4.78 is 24.0. The van der Waals surface area contributed by atoms with E-state index in [0.29, 0.717) is 23.5 Å². The second-order valence-electron chi connectivity index (χ2n) is 9.96. The zero-order valence-electron chi connectivity index (χ0n) is 20.5. The van der Waals surface area contributed by atoms with Gasteiger partial charge in [0.15, 0.2) is 5.69 Å². The fourth-order valence-corrected chi connectivity index (χ4v) is 7.36. The van der Waals surface area contributed by atoms with Crippen LogP contribution in [-0.2, 0) is 14.4 Å². The Kier molecular flexibility index (Phi) is 5.43. The standard InChI is InChI=1S/C25H23FN7O3Si2/c1-3-20(34)32-11-24(37,10-25(32)13(2)36-38-25)33-22(27)21(23(28)35)17(30-33)7-4-14-8-18-19(9-16(14)26)31(12-29-18)15-5-6-15/h3,8-9,12-13,15H,1,5-6,10-11,27H2,2H3,(H2,28,35)/t13-,24+,25+/m0/s1. The second-order valence-corrected chi connectivity index (χ2v) is 12.2. The zero-order valence-corrected chi connectivity index (χ0v) is 22.5. The Labute approximate surface area is 223 Å². The average molecular weight is 545 g/mol. The predicted molar refractivity (Wildman–Crippen MR) is 138 cm³/mol. The lowest BCUT2D eigenvalue weighted by Crippen LogP contribution is -2.67. The van der Waals surface area contributed by atoms with Crippen LogP contribution in [0.4, 0.5) is 10.2 Å². The van der Waals surface area contributed by atoms with E-state index in [1.165, 1.54) is 16.8 Å². The van der Waals surface area contributed by atoms with Gasteiger partial charge in [-0.3, -0.25) is 9.59 Å². The number of hydrogen-bond acceptors (Lipinski definition) is 6. The molecule has 3 aliphatic rings. The van der Waals surface area contributed by atoms with E-state index in [4.69, 9.17) is 15.9 Å². The maximum absolute atomic E-state index is 15.0. The fourth-order valence-electron chi connectivity index (χ4n) is 5.30. The van der Waals surface area contributed by atoms with E-state index in [0.717, 1.165) is 12.8 Å². The van der Waals surface area contributed by atoms with Crippen molar-refractivity contribution < 1.29 is 18.4 Å². The van der Waals surface area contributed by atoms with Gasteiger partial charge < -0.3 is 25.4 Å². The molecule has 2 aliphatic heterocycles. The Morgan fingerprint density at radius 1 is 1.37 bits per heavy atom. The molecule has 2 saturated heterocycles. The number of aromatic nitrogens is 4. The molecule has 1 saturated carbocycles. The van der Waals surface area contributed by atoms with Gasteiger partial charge in [0, 0.05) is 18.7 Å². The highest BCUT2D eigenvalue weighted by Crippen LogP contribution is 2.46. The van der Waals surface area contributed by atoms with Crippen LogP contribution in [0.15, 0.2) is 31.1 Å². The van der Waals surface area contributed by atoms with E-state index in [1.807, 2.05) is 11.5 Å². The number of likely N-dealkylation sites (tertiary alicyclic amines) is 1. The molecule has 4 N–H and O–H groups in total. The van der Waals surface area contributed by atoms with Gasteiger partial charge in [-0.25, -0.2) is 14.1 Å². The number of fused-ring (bicyclic) bond motifs is 1. The first kappa shape index (κ1) is 24.6. The van der Waals surface area contributed by atoms with Crippen molar-refractivity contribution in [2.24, 2.45) is 5.73 Å². The largest absolute Gasteiger partial charge is 0.410 e. The van der Waals surface area contributed by atoms with Crippen LogP contribution in [0, 0.1) is 17.7 Å². The van der Waals surface area contributed by atoms with E-state index in [9.17, 15) is 14.0 Å². The summed E-state index contributed by atoms with van der Waals surface area (Å²) in [5.74, 6) is 3.98. The minimum Gasteiger partial charge on any atom is -0.410 e. The van der Waals surface area contributed by atoms with Crippen LogP contribution in [0.1, 0.15) is 53.8 Å². The molecule has 3 atom stereocenters.